The van der Waals surface area contributed by atoms with E-state index in [1.807, 2.05) is 12.1 Å². The van der Waals surface area contributed by atoms with Crippen LogP contribution >= 0.6 is 0 Å². The summed E-state index contributed by atoms with van der Waals surface area (Å²) in [5.41, 5.74) is 1.10. The first-order valence-corrected chi connectivity index (χ1v) is 11.5. The van der Waals surface area contributed by atoms with Gasteiger partial charge in [-0.3, -0.25) is 14.8 Å². The molecule has 2 aliphatic heterocycles. The fraction of sp³-hybridized carbons (Fsp3) is 0.696. The van der Waals surface area contributed by atoms with E-state index in [9.17, 15) is 4.39 Å². The molecule has 31 heavy (non-hydrogen) atoms. The minimum atomic E-state index is -0.210. The predicted octanol–water partition coefficient (Wildman–Crippen LogP) is 1.86. The molecule has 0 radical (unpaired) electrons. The van der Waals surface area contributed by atoms with E-state index in [0.717, 1.165) is 70.7 Å². The molecule has 3 unspecified atom stereocenters. The fourth-order valence-corrected chi connectivity index (χ4v) is 4.29. The van der Waals surface area contributed by atoms with Crippen LogP contribution in [0.1, 0.15) is 32.4 Å². The number of guanidine groups is 1. The quantitative estimate of drug-likeness (QED) is 0.480. The summed E-state index contributed by atoms with van der Waals surface area (Å²) in [5.74, 6) is 0.606. The molecule has 0 aromatic heterocycles. The molecule has 1 aromatic carbocycles. The fourth-order valence-electron chi connectivity index (χ4n) is 4.29. The van der Waals surface area contributed by atoms with Crippen molar-refractivity contribution in [3.8, 4) is 0 Å². The monoisotopic (exact) mass is 435 g/mol. The largest absolute Gasteiger partial charge is 0.379 e. The summed E-state index contributed by atoms with van der Waals surface area (Å²) in [5, 5.41) is 6.88. The van der Waals surface area contributed by atoms with Gasteiger partial charge in [0.1, 0.15) is 5.82 Å². The van der Waals surface area contributed by atoms with Crippen LogP contribution in [0, 0.1) is 5.82 Å². The number of morpholine rings is 2. The van der Waals surface area contributed by atoms with Gasteiger partial charge in [-0.05, 0) is 38.5 Å². The molecule has 3 rings (SSSR count). The second-order valence-electron chi connectivity index (χ2n) is 8.33. The lowest BCUT2D eigenvalue weighted by atomic mass is 10.0. The van der Waals surface area contributed by atoms with Crippen LogP contribution in [0.2, 0.25) is 0 Å². The van der Waals surface area contributed by atoms with Gasteiger partial charge in [0, 0.05) is 44.8 Å². The van der Waals surface area contributed by atoms with E-state index >= 15 is 0 Å². The zero-order valence-electron chi connectivity index (χ0n) is 19.1. The highest BCUT2D eigenvalue weighted by molar-refractivity contribution is 5.79. The number of hydrogen-bond acceptors (Lipinski definition) is 5. The van der Waals surface area contributed by atoms with E-state index in [1.165, 1.54) is 12.1 Å². The number of ether oxygens (including phenoxy) is 2. The lowest BCUT2D eigenvalue weighted by molar-refractivity contribution is -0.0166. The molecule has 8 heteroatoms. The van der Waals surface area contributed by atoms with Crippen molar-refractivity contribution in [2.75, 3.05) is 65.7 Å². The lowest BCUT2D eigenvalue weighted by Gasteiger charge is -2.37. The Bertz CT molecular complexity index is 681. The third-order valence-corrected chi connectivity index (χ3v) is 6.05. The zero-order chi connectivity index (χ0) is 22.1. The summed E-state index contributed by atoms with van der Waals surface area (Å²) < 4.78 is 24.6. The Balaban J connectivity index is 1.64. The molecule has 0 aliphatic carbocycles. The van der Waals surface area contributed by atoms with Gasteiger partial charge in [0.25, 0.3) is 0 Å². The number of aliphatic imine (C=N–C) groups is 1. The van der Waals surface area contributed by atoms with Crippen molar-refractivity contribution in [1.29, 1.82) is 0 Å². The highest BCUT2D eigenvalue weighted by atomic mass is 19.1. The van der Waals surface area contributed by atoms with Crippen molar-refractivity contribution >= 4 is 5.96 Å². The SMILES string of the molecule is CCNC(=NCC(C)N1CCOCC1C)NCC(c1ccc(F)cc1)N1CCOCC1. The maximum atomic E-state index is 13.5. The molecule has 0 bridgehead atoms. The second-order valence-corrected chi connectivity index (χ2v) is 8.33. The Morgan fingerprint density at radius 2 is 1.84 bits per heavy atom. The Labute approximate surface area is 186 Å². The van der Waals surface area contributed by atoms with E-state index in [2.05, 4.69) is 41.2 Å². The first-order valence-electron chi connectivity index (χ1n) is 11.5. The van der Waals surface area contributed by atoms with Crippen LogP contribution in [0.25, 0.3) is 0 Å². The zero-order valence-corrected chi connectivity index (χ0v) is 19.1. The van der Waals surface area contributed by atoms with E-state index in [-0.39, 0.29) is 11.9 Å². The van der Waals surface area contributed by atoms with Crippen LogP contribution in [-0.2, 0) is 9.47 Å². The van der Waals surface area contributed by atoms with Crippen molar-refractivity contribution in [3.05, 3.63) is 35.6 Å². The van der Waals surface area contributed by atoms with Crippen molar-refractivity contribution in [1.82, 2.24) is 20.4 Å². The second kappa shape index (κ2) is 12.3. The van der Waals surface area contributed by atoms with Crippen molar-refractivity contribution < 1.29 is 13.9 Å². The van der Waals surface area contributed by atoms with Crippen molar-refractivity contribution in [2.24, 2.45) is 4.99 Å². The Morgan fingerprint density at radius 1 is 1.13 bits per heavy atom. The van der Waals surface area contributed by atoms with E-state index in [1.54, 1.807) is 0 Å². The minimum Gasteiger partial charge on any atom is -0.379 e. The van der Waals surface area contributed by atoms with E-state index in [0.29, 0.717) is 18.6 Å². The van der Waals surface area contributed by atoms with Gasteiger partial charge in [-0.2, -0.15) is 0 Å². The number of nitrogens with zero attached hydrogens (tertiary/aromatic N) is 3. The minimum absolute atomic E-state index is 0.130. The normalized spacial score (nSPS) is 23.4. The molecule has 2 saturated heterocycles. The molecule has 0 amide bonds. The van der Waals surface area contributed by atoms with Gasteiger partial charge < -0.3 is 20.1 Å². The van der Waals surface area contributed by atoms with Crippen LogP contribution in [-0.4, -0.2) is 93.5 Å². The third-order valence-electron chi connectivity index (χ3n) is 6.05. The van der Waals surface area contributed by atoms with Crippen LogP contribution in [0.4, 0.5) is 4.39 Å². The number of halogens is 1. The highest BCUT2D eigenvalue weighted by Crippen LogP contribution is 2.21. The van der Waals surface area contributed by atoms with Gasteiger partial charge in [-0.1, -0.05) is 12.1 Å². The lowest BCUT2D eigenvalue weighted by Crippen LogP contribution is -2.50. The molecule has 0 spiro atoms. The van der Waals surface area contributed by atoms with Crippen LogP contribution in [0.5, 0.6) is 0 Å². The standard InChI is InChI=1S/C23H38FN5O2/c1-4-25-23(26-15-18(2)29-11-14-31-17-19(29)3)27-16-22(28-9-12-30-13-10-28)20-5-7-21(24)8-6-20/h5-8,18-19,22H,4,9-17H2,1-3H3,(H2,25,26,27). The summed E-state index contributed by atoms with van der Waals surface area (Å²) in [6, 6.07) is 7.72. The average molecular weight is 436 g/mol. The number of benzene rings is 1. The molecule has 3 atom stereocenters. The summed E-state index contributed by atoms with van der Waals surface area (Å²) in [6.07, 6.45) is 0. The maximum Gasteiger partial charge on any atom is 0.191 e. The molecule has 2 heterocycles. The number of hydrogen-bond donors (Lipinski definition) is 2. The van der Waals surface area contributed by atoms with Crippen molar-refractivity contribution in [3.63, 3.8) is 0 Å². The smallest absolute Gasteiger partial charge is 0.191 e. The van der Waals surface area contributed by atoms with Crippen LogP contribution in [0.3, 0.4) is 0 Å². The molecular weight excluding hydrogens is 397 g/mol. The molecule has 2 N–H and O–H groups in total. The van der Waals surface area contributed by atoms with Gasteiger partial charge in [0.15, 0.2) is 5.96 Å². The van der Waals surface area contributed by atoms with Crippen LogP contribution < -0.4 is 10.6 Å². The van der Waals surface area contributed by atoms with Gasteiger partial charge >= 0.3 is 0 Å². The Hall–Kier alpha value is -1.74. The molecule has 174 valence electrons. The summed E-state index contributed by atoms with van der Waals surface area (Å²) in [6.45, 7) is 14.4. The Morgan fingerprint density at radius 3 is 2.52 bits per heavy atom. The summed E-state index contributed by atoms with van der Waals surface area (Å²) in [4.78, 5) is 9.71. The van der Waals surface area contributed by atoms with Gasteiger partial charge in [0.05, 0.1) is 39.0 Å². The van der Waals surface area contributed by atoms with Gasteiger partial charge in [-0.25, -0.2) is 4.39 Å². The van der Waals surface area contributed by atoms with E-state index in [4.69, 9.17) is 14.5 Å². The Kier molecular flexibility index (Phi) is 9.52. The summed E-state index contributed by atoms with van der Waals surface area (Å²) in [7, 11) is 0. The number of rotatable bonds is 8. The van der Waals surface area contributed by atoms with Gasteiger partial charge in [-0.15, -0.1) is 0 Å². The molecule has 2 aliphatic rings. The first-order chi connectivity index (χ1) is 15.1. The molecule has 1 aromatic rings. The third kappa shape index (κ3) is 7.14. The topological polar surface area (TPSA) is 61.4 Å². The molecular formula is C23H38FN5O2. The maximum absolute atomic E-state index is 13.5. The van der Waals surface area contributed by atoms with Crippen LogP contribution in [0.15, 0.2) is 29.3 Å². The van der Waals surface area contributed by atoms with Gasteiger partial charge in [0.2, 0.25) is 0 Å². The summed E-state index contributed by atoms with van der Waals surface area (Å²) >= 11 is 0. The van der Waals surface area contributed by atoms with E-state index < -0.39 is 0 Å². The molecule has 2 fully saturated rings. The molecule has 7 nitrogen and oxygen atoms in total. The average Bonchev–Trinajstić information content (AvgIpc) is 2.79. The molecule has 0 saturated carbocycles. The predicted molar refractivity (Wildman–Crippen MR) is 122 cm³/mol. The first kappa shape index (κ1) is 23.9. The van der Waals surface area contributed by atoms with Crippen molar-refractivity contribution in [2.45, 2.75) is 38.9 Å². The highest BCUT2D eigenvalue weighted by Gasteiger charge is 2.25. The number of nitrogens with one attached hydrogen (secondary N) is 2.